The molecular formula is C59H102O6. The molecule has 0 aliphatic carbocycles. The molecule has 0 aliphatic rings. The van der Waals surface area contributed by atoms with Crippen molar-refractivity contribution in [1.82, 2.24) is 0 Å². The molecule has 0 saturated heterocycles. The molecule has 1 unspecified atom stereocenters. The van der Waals surface area contributed by atoms with Crippen LogP contribution in [0.5, 0.6) is 0 Å². The predicted octanol–water partition coefficient (Wildman–Crippen LogP) is 18.2. The summed E-state index contributed by atoms with van der Waals surface area (Å²) in [6.45, 7) is 6.47. The number of carbonyl (C=O) groups is 3. The van der Waals surface area contributed by atoms with Crippen molar-refractivity contribution in [2.45, 2.75) is 271 Å². The number of allylic oxidation sites excluding steroid dienone is 12. The van der Waals surface area contributed by atoms with Crippen LogP contribution in [0.4, 0.5) is 0 Å². The molecule has 374 valence electrons. The number of ether oxygens (including phenoxy) is 3. The highest BCUT2D eigenvalue weighted by molar-refractivity contribution is 5.71. The zero-order chi connectivity index (χ0) is 47.2. The lowest BCUT2D eigenvalue weighted by molar-refractivity contribution is -0.167. The van der Waals surface area contributed by atoms with Crippen molar-refractivity contribution in [2.75, 3.05) is 13.2 Å². The maximum Gasteiger partial charge on any atom is 0.306 e. The SMILES string of the molecule is CC/C=C\C/C=C\C/C=C\C/C=C\CCCCCCCCCCCCC(=O)OCC(COC(=O)CCCCCCCCCCC)OC(=O)CCCCCCC/C=C\C/C=C\CCCCC. The van der Waals surface area contributed by atoms with Crippen LogP contribution in [-0.4, -0.2) is 37.2 Å². The van der Waals surface area contributed by atoms with E-state index >= 15 is 0 Å². The van der Waals surface area contributed by atoms with Gasteiger partial charge < -0.3 is 14.2 Å². The third-order valence-corrected chi connectivity index (χ3v) is 11.7. The highest BCUT2D eigenvalue weighted by Gasteiger charge is 2.19. The third kappa shape index (κ3) is 51.7. The average Bonchev–Trinajstić information content (AvgIpc) is 3.30. The number of unbranched alkanes of at least 4 members (excludes halogenated alkanes) is 26. The smallest absolute Gasteiger partial charge is 0.306 e. The van der Waals surface area contributed by atoms with Crippen LogP contribution >= 0.6 is 0 Å². The maximum atomic E-state index is 12.8. The van der Waals surface area contributed by atoms with E-state index in [1.54, 1.807) is 0 Å². The molecule has 0 rings (SSSR count). The Hall–Kier alpha value is -3.15. The first-order valence-electron chi connectivity index (χ1n) is 27.4. The first kappa shape index (κ1) is 61.9. The molecule has 0 saturated carbocycles. The minimum Gasteiger partial charge on any atom is -0.462 e. The second kappa shape index (κ2) is 53.5. The Kier molecular flexibility index (Phi) is 50.9. The second-order valence-corrected chi connectivity index (χ2v) is 18.1. The van der Waals surface area contributed by atoms with Gasteiger partial charge in [-0.3, -0.25) is 14.4 Å². The summed E-state index contributed by atoms with van der Waals surface area (Å²) in [5.41, 5.74) is 0. The van der Waals surface area contributed by atoms with Gasteiger partial charge in [0.05, 0.1) is 0 Å². The van der Waals surface area contributed by atoms with Crippen LogP contribution in [-0.2, 0) is 28.6 Å². The lowest BCUT2D eigenvalue weighted by atomic mass is 10.1. The van der Waals surface area contributed by atoms with Crippen LogP contribution in [0.2, 0.25) is 0 Å². The highest BCUT2D eigenvalue weighted by atomic mass is 16.6. The van der Waals surface area contributed by atoms with Gasteiger partial charge in [-0.25, -0.2) is 0 Å². The Bertz CT molecular complexity index is 1230. The van der Waals surface area contributed by atoms with Crippen LogP contribution in [0.3, 0.4) is 0 Å². The Morgan fingerprint density at radius 1 is 0.323 bits per heavy atom. The quantitative estimate of drug-likeness (QED) is 0.0262. The number of rotatable bonds is 49. The van der Waals surface area contributed by atoms with Gasteiger partial charge in [-0.1, -0.05) is 229 Å². The lowest BCUT2D eigenvalue weighted by Gasteiger charge is -2.18. The van der Waals surface area contributed by atoms with Gasteiger partial charge in [0, 0.05) is 19.3 Å². The molecule has 6 heteroatoms. The number of hydrogen-bond donors (Lipinski definition) is 0. The summed E-state index contributed by atoms with van der Waals surface area (Å²) in [5.74, 6) is -0.897. The van der Waals surface area contributed by atoms with Gasteiger partial charge in [0.25, 0.3) is 0 Å². The van der Waals surface area contributed by atoms with Crippen LogP contribution in [0, 0.1) is 0 Å². The first-order chi connectivity index (χ1) is 32.0. The van der Waals surface area contributed by atoms with Crippen molar-refractivity contribution >= 4 is 17.9 Å². The van der Waals surface area contributed by atoms with E-state index in [4.69, 9.17) is 14.2 Å². The lowest BCUT2D eigenvalue weighted by Crippen LogP contribution is -2.30. The van der Waals surface area contributed by atoms with Crippen molar-refractivity contribution < 1.29 is 28.6 Å². The molecule has 1 atom stereocenters. The van der Waals surface area contributed by atoms with Crippen LogP contribution in [0.25, 0.3) is 0 Å². The van der Waals surface area contributed by atoms with Gasteiger partial charge in [-0.05, 0) is 89.9 Å². The molecule has 0 amide bonds. The van der Waals surface area contributed by atoms with E-state index < -0.39 is 6.10 Å². The fourth-order valence-electron chi connectivity index (χ4n) is 7.58. The van der Waals surface area contributed by atoms with Crippen molar-refractivity contribution in [3.63, 3.8) is 0 Å². The van der Waals surface area contributed by atoms with E-state index in [0.717, 1.165) is 109 Å². The van der Waals surface area contributed by atoms with E-state index in [1.807, 2.05) is 0 Å². The molecule has 0 aliphatic heterocycles. The largest absolute Gasteiger partial charge is 0.462 e. The van der Waals surface area contributed by atoms with Crippen molar-refractivity contribution in [1.29, 1.82) is 0 Å². The van der Waals surface area contributed by atoms with Crippen molar-refractivity contribution in [3.8, 4) is 0 Å². The maximum absolute atomic E-state index is 12.8. The molecule has 0 radical (unpaired) electrons. The molecule has 0 aromatic rings. The van der Waals surface area contributed by atoms with Crippen LogP contribution in [0.15, 0.2) is 72.9 Å². The highest BCUT2D eigenvalue weighted by Crippen LogP contribution is 2.15. The molecule has 65 heavy (non-hydrogen) atoms. The predicted molar refractivity (Wildman–Crippen MR) is 279 cm³/mol. The van der Waals surface area contributed by atoms with Crippen molar-refractivity contribution in [3.05, 3.63) is 72.9 Å². The molecule has 0 aromatic carbocycles. The fraction of sp³-hybridized carbons (Fsp3) is 0.746. The Balaban J connectivity index is 4.27. The van der Waals surface area contributed by atoms with Crippen LogP contribution < -0.4 is 0 Å². The standard InChI is InChI=1S/C59H102O6/c1-4-7-10-13-16-19-21-23-25-26-27-28-29-30-31-32-34-35-37-40-43-46-49-52-58(61)64-55-56(54-63-57(60)51-48-45-42-39-18-15-12-9-6-3)65-59(62)53-50-47-44-41-38-36-33-24-22-20-17-14-11-8-5-2/h7,10,16-17,19-20,23-25,27-28,33,56H,4-6,8-9,11-15,18,21-22,26,29-32,34-55H2,1-3H3/b10-7-,19-16-,20-17-,25-23-,28-27-,33-24-. The molecular weight excluding hydrogens is 805 g/mol. The van der Waals surface area contributed by atoms with Gasteiger partial charge in [0.2, 0.25) is 0 Å². The molecule has 0 aromatic heterocycles. The van der Waals surface area contributed by atoms with Gasteiger partial charge in [0.15, 0.2) is 6.10 Å². The summed E-state index contributed by atoms with van der Waals surface area (Å²) in [5, 5.41) is 0. The molecule has 0 bridgehead atoms. The topological polar surface area (TPSA) is 78.9 Å². The second-order valence-electron chi connectivity index (χ2n) is 18.1. The summed E-state index contributed by atoms with van der Waals surface area (Å²) in [6.07, 6.45) is 67.5. The number of carbonyl (C=O) groups excluding carboxylic acids is 3. The normalized spacial score (nSPS) is 12.6. The van der Waals surface area contributed by atoms with Gasteiger partial charge in [-0.2, -0.15) is 0 Å². The molecule has 6 nitrogen and oxygen atoms in total. The van der Waals surface area contributed by atoms with E-state index in [-0.39, 0.29) is 31.1 Å². The Morgan fingerprint density at radius 3 is 0.969 bits per heavy atom. The van der Waals surface area contributed by atoms with Crippen molar-refractivity contribution in [2.24, 2.45) is 0 Å². The summed E-state index contributed by atoms with van der Waals surface area (Å²) in [4.78, 5) is 38.0. The minimum atomic E-state index is -0.781. The van der Waals surface area contributed by atoms with E-state index in [0.29, 0.717) is 19.3 Å². The fourth-order valence-corrected chi connectivity index (χ4v) is 7.58. The van der Waals surface area contributed by atoms with E-state index in [2.05, 4.69) is 93.7 Å². The summed E-state index contributed by atoms with van der Waals surface area (Å²) < 4.78 is 16.8. The van der Waals surface area contributed by atoms with Crippen LogP contribution in [0.1, 0.15) is 265 Å². The Labute approximate surface area is 402 Å². The van der Waals surface area contributed by atoms with Gasteiger partial charge in [-0.15, -0.1) is 0 Å². The zero-order valence-electron chi connectivity index (χ0n) is 42.7. The first-order valence-corrected chi connectivity index (χ1v) is 27.4. The van der Waals surface area contributed by atoms with Gasteiger partial charge in [0.1, 0.15) is 13.2 Å². The monoisotopic (exact) mass is 907 g/mol. The molecule has 0 spiro atoms. The van der Waals surface area contributed by atoms with E-state index in [1.165, 1.54) is 116 Å². The Morgan fingerprint density at radius 2 is 0.600 bits per heavy atom. The summed E-state index contributed by atoms with van der Waals surface area (Å²) in [7, 11) is 0. The third-order valence-electron chi connectivity index (χ3n) is 11.7. The summed E-state index contributed by atoms with van der Waals surface area (Å²) in [6, 6.07) is 0. The minimum absolute atomic E-state index is 0.0806. The average molecular weight is 907 g/mol. The molecule has 0 heterocycles. The van der Waals surface area contributed by atoms with Gasteiger partial charge >= 0.3 is 17.9 Å². The number of esters is 3. The molecule has 0 fully saturated rings. The molecule has 0 N–H and O–H groups in total. The van der Waals surface area contributed by atoms with E-state index in [9.17, 15) is 14.4 Å². The zero-order valence-corrected chi connectivity index (χ0v) is 42.7. The summed E-state index contributed by atoms with van der Waals surface area (Å²) >= 11 is 0. The number of hydrogen-bond acceptors (Lipinski definition) is 6.